The zero-order valence-corrected chi connectivity index (χ0v) is 11.5. The van der Waals surface area contributed by atoms with Gasteiger partial charge in [-0.3, -0.25) is 0 Å². The minimum absolute atomic E-state index is 0.392. The summed E-state index contributed by atoms with van der Waals surface area (Å²) in [6.07, 6.45) is 3.23. The fourth-order valence-electron chi connectivity index (χ4n) is 3.04. The van der Waals surface area contributed by atoms with Crippen LogP contribution in [0.3, 0.4) is 0 Å². The molecule has 0 saturated carbocycles. The number of rotatable bonds is 2. The molecule has 0 fully saturated rings. The lowest BCUT2D eigenvalue weighted by Crippen LogP contribution is -2.27. The number of nitrogens with one attached hydrogen (secondary N) is 1. The Bertz CT molecular complexity index is 796. The molecule has 3 N–H and O–H groups in total. The van der Waals surface area contributed by atoms with Crippen LogP contribution in [0.1, 0.15) is 17.5 Å². The number of aromatic nitrogens is 2. The number of anilines is 2. The summed E-state index contributed by atoms with van der Waals surface area (Å²) in [7, 11) is 0. The molecule has 0 bridgehead atoms. The van der Waals surface area contributed by atoms with Crippen LogP contribution in [0.2, 0.25) is 0 Å². The summed E-state index contributed by atoms with van der Waals surface area (Å²) in [6.45, 7) is 0. The Morgan fingerprint density at radius 3 is 2.76 bits per heavy atom. The van der Waals surface area contributed by atoms with Crippen molar-refractivity contribution in [2.24, 2.45) is 0 Å². The normalized spacial score (nSPS) is 17.6. The van der Waals surface area contributed by atoms with Crippen molar-refractivity contribution in [3.63, 3.8) is 0 Å². The fraction of sp³-hybridized carbons (Fsp3) is 0.250. The van der Waals surface area contributed by atoms with E-state index in [-0.39, 0.29) is 0 Å². The minimum atomic E-state index is 0.392. The zero-order chi connectivity index (χ0) is 14.2. The van der Waals surface area contributed by atoms with Gasteiger partial charge in [0.1, 0.15) is 0 Å². The molecule has 0 spiro atoms. The van der Waals surface area contributed by atoms with Gasteiger partial charge in [0.05, 0.1) is 11.4 Å². The highest BCUT2D eigenvalue weighted by Crippen LogP contribution is 2.28. The van der Waals surface area contributed by atoms with E-state index in [4.69, 9.17) is 10.4 Å². The van der Waals surface area contributed by atoms with E-state index in [2.05, 4.69) is 39.9 Å². The third-order valence-electron chi connectivity index (χ3n) is 4.15. The van der Waals surface area contributed by atoms with Gasteiger partial charge in [-0.15, -0.1) is 0 Å². The molecule has 1 aromatic heterocycles. The second kappa shape index (κ2) is 4.77. The lowest BCUT2D eigenvalue weighted by Gasteiger charge is -2.26. The highest BCUT2D eigenvalue weighted by molar-refractivity contribution is 5.95. The van der Waals surface area contributed by atoms with E-state index in [1.807, 2.05) is 12.1 Å². The summed E-state index contributed by atoms with van der Waals surface area (Å²) in [5.41, 5.74) is 11.6. The number of nitrogens with zero attached hydrogens (tertiary/aromatic N) is 2. The number of hydrogen-bond donors (Lipinski definition) is 2. The summed E-state index contributed by atoms with van der Waals surface area (Å²) < 4.78 is 4.81. The maximum atomic E-state index is 5.88. The zero-order valence-electron chi connectivity index (χ0n) is 11.5. The van der Waals surface area contributed by atoms with Crippen molar-refractivity contribution in [2.75, 3.05) is 11.1 Å². The fourth-order valence-corrected chi connectivity index (χ4v) is 3.04. The largest absolute Gasteiger partial charge is 0.397 e. The summed E-state index contributed by atoms with van der Waals surface area (Å²) in [4.78, 5) is 0. The molecule has 1 heterocycles. The van der Waals surface area contributed by atoms with Crippen LogP contribution < -0.4 is 11.1 Å². The molecule has 0 aliphatic heterocycles. The Labute approximate surface area is 122 Å². The number of nitrogens with two attached hydrogens (primary N) is 1. The lowest BCUT2D eigenvalue weighted by atomic mass is 9.88. The average Bonchev–Trinajstić information content (AvgIpc) is 3.01. The molecule has 0 radical (unpaired) electrons. The van der Waals surface area contributed by atoms with Crippen LogP contribution in [0.25, 0.3) is 11.0 Å². The first kappa shape index (κ1) is 12.2. The van der Waals surface area contributed by atoms with Gasteiger partial charge in [-0.05, 0) is 52.8 Å². The summed E-state index contributed by atoms with van der Waals surface area (Å²) in [5, 5.41) is 11.4. The van der Waals surface area contributed by atoms with E-state index < -0.39 is 0 Å². The number of benzene rings is 2. The molecule has 21 heavy (non-hydrogen) atoms. The molecule has 0 amide bonds. The van der Waals surface area contributed by atoms with Crippen LogP contribution in [0.5, 0.6) is 0 Å². The molecular formula is C16H16N4O. The molecular weight excluding hydrogens is 264 g/mol. The highest BCUT2D eigenvalue weighted by atomic mass is 16.6. The second-order valence-corrected chi connectivity index (χ2v) is 5.52. The van der Waals surface area contributed by atoms with E-state index in [1.54, 1.807) is 0 Å². The standard InChI is InChI=1S/C16H16N4O/c17-13-7-8-14(16-15(13)19-21-20-16)18-12-6-5-10-3-1-2-4-11(10)9-12/h1-4,7-8,12,18H,5-6,9,17H2. The molecule has 1 aliphatic rings. The van der Waals surface area contributed by atoms with E-state index in [9.17, 15) is 0 Å². The molecule has 5 nitrogen and oxygen atoms in total. The Morgan fingerprint density at radius 1 is 1.05 bits per heavy atom. The molecule has 4 rings (SSSR count). The maximum absolute atomic E-state index is 5.88. The second-order valence-electron chi connectivity index (χ2n) is 5.52. The van der Waals surface area contributed by atoms with Crippen molar-refractivity contribution in [3.05, 3.63) is 47.5 Å². The van der Waals surface area contributed by atoms with Gasteiger partial charge in [-0.25, -0.2) is 4.63 Å². The topological polar surface area (TPSA) is 77.0 Å². The van der Waals surface area contributed by atoms with Crippen molar-refractivity contribution in [2.45, 2.75) is 25.3 Å². The van der Waals surface area contributed by atoms with Crippen LogP contribution in [0.4, 0.5) is 11.4 Å². The maximum Gasteiger partial charge on any atom is 0.160 e. The van der Waals surface area contributed by atoms with Crippen LogP contribution in [-0.2, 0) is 12.8 Å². The van der Waals surface area contributed by atoms with Crippen molar-refractivity contribution in [1.82, 2.24) is 10.3 Å². The summed E-state index contributed by atoms with van der Waals surface area (Å²) in [5.74, 6) is 0. The Morgan fingerprint density at radius 2 is 1.86 bits per heavy atom. The number of nitrogen functional groups attached to an aromatic ring is 1. The average molecular weight is 280 g/mol. The quantitative estimate of drug-likeness (QED) is 0.706. The first-order valence-corrected chi connectivity index (χ1v) is 7.15. The summed E-state index contributed by atoms with van der Waals surface area (Å²) >= 11 is 0. The minimum Gasteiger partial charge on any atom is -0.397 e. The van der Waals surface area contributed by atoms with Crippen LogP contribution in [-0.4, -0.2) is 16.4 Å². The van der Waals surface area contributed by atoms with Gasteiger partial charge < -0.3 is 11.1 Å². The highest BCUT2D eigenvalue weighted by Gasteiger charge is 2.19. The third kappa shape index (κ3) is 2.11. The van der Waals surface area contributed by atoms with Gasteiger partial charge in [0.25, 0.3) is 0 Å². The van der Waals surface area contributed by atoms with Crippen LogP contribution in [0, 0.1) is 0 Å². The number of aryl methyl sites for hydroxylation is 1. The predicted octanol–water partition coefficient (Wildman–Crippen LogP) is 2.77. The number of fused-ring (bicyclic) bond motifs is 2. The van der Waals surface area contributed by atoms with Gasteiger partial charge in [0.15, 0.2) is 11.0 Å². The molecule has 106 valence electrons. The lowest BCUT2D eigenvalue weighted by molar-refractivity contribution is 0.315. The van der Waals surface area contributed by atoms with Gasteiger partial charge in [0, 0.05) is 6.04 Å². The van der Waals surface area contributed by atoms with E-state index >= 15 is 0 Å². The molecule has 3 aromatic rings. The van der Waals surface area contributed by atoms with E-state index in [1.165, 1.54) is 11.1 Å². The first-order chi connectivity index (χ1) is 10.3. The SMILES string of the molecule is Nc1ccc(NC2CCc3ccccc3C2)c2nonc12. The Kier molecular flexibility index (Phi) is 2.77. The van der Waals surface area contributed by atoms with E-state index in [0.717, 1.165) is 24.9 Å². The Balaban J connectivity index is 1.62. The van der Waals surface area contributed by atoms with Gasteiger partial charge >= 0.3 is 0 Å². The molecule has 0 saturated heterocycles. The predicted molar refractivity (Wildman–Crippen MR) is 82.1 cm³/mol. The summed E-state index contributed by atoms with van der Waals surface area (Å²) in [6, 6.07) is 12.8. The molecule has 1 unspecified atom stereocenters. The van der Waals surface area contributed by atoms with Crippen molar-refractivity contribution < 1.29 is 4.63 Å². The monoisotopic (exact) mass is 280 g/mol. The number of hydrogen-bond acceptors (Lipinski definition) is 5. The van der Waals surface area contributed by atoms with E-state index in [0.29, 0.717) is 22.8 Å². The molecule has 1 aliphatic carbocycles. The smallest absolute Gasteiger partial charge is 0.160 e. The first-order valence-electron chi connectivity index (χ1n) is 7.15. The van der Waals surface area contributed by atoms with Crippen LogP contribution >= 0.6 is 0 Å². The van der Waals surface area contributed by atoms with Gasteiger partial charge in [-0.2, -0.15) is 0 Å². The van der Waals surface area contributed by atoms with Crippen molar-refractivity contribution >= 4 is 22.4 Å². The Hall–Kier alpha value is -2.56. The third-order valence-corrected chi connectivity index (χ3v) is 4.15. The molecule has 1 atom stereocenters. The van der Waals surface area contributed by atoms with Crippen LogP contribution in [0.15, 0.2) is 41.0 Å². The van der Waals surface area contributed by atoms with Gasteiger partial charge in [0.2, 0.25) is 0 Å². The molecule has 5 heteroatoms. The van der Waals surface area contributed by atoms with Gasteiger partial charge in [-0.1, -0.05) is 24.3 Å². The van der Waals surface area contributed by atoms with Crippen molar-refractivity contribution in [1.29, 1.82) is 0 Å². The molecule has 2 aromatic carbocycles. The van der Waals surface area contributed by atoms with Crippen molar-refractivity contribution in [3.8, 4) is 0 Å².